The Morgan fingerprint density at radius 3 is 2.37 bits per heavy atom. The van der Waals surface area contributed by atoms with E-state index < -0.39 is 29.8 Å². The summed E-state index contributed by atoms with van der Waals surface area (Å²) in [4.78, 5) is 51.2. The molecular weight excluding hydrogens is 408 g/mol. The minimum atomic E-state index is -1.31. The first kappa shape index (κ1) is 23.1. The maximum Gasteiger partial charge on any atom is 0.326 e. The Bertz CT molecular complexity index is 876. The van der Waals surface area contributed by atoms with Crippen LogP contribution in [0.2, 0.25) is 0 Å². The first-order valence-electron chi connectivity index (χ1n) is 9.23. The van der Waals surface area contributed by atoms with E-state index >= 15 is 0 Å². The van der Waals surface area contributed by atoms with E-state index in [-0.39, 0.29) is 23.7 Å². The molecule has 9 heteroatoms. The molecule has 0 spiro atoms. The van der Waals surface area contributed by atoms with Crippen LogP contribution in [0.4, 0.5) is 0 Å². The SMILES string of the molecule is O=C(O)CCC(NC(=O)C(CSC(=O)c1cccnc1)Cc1ccccc1)C(=O)O. The third-order valence-electron chi connectivity index (χ3n) is 4.27. The van der Waals surface area contributed by atoms with Gasteiger partial charge in [0.05, 0.1) is 5.92 Å². The van der Waals surface area contributed by atoms with Crippen molar-refractivity contribution in [3.63, 3.8) is 0 Å². The highest BCUT2D eigenvalue weighted by Gasteiger charge is 2.27. The van der Waals surface area contributed by atoms with Crippen LogP contribution in [0.3, 0.4) is 0 Å². The van der Waals surface area contributed by atoms with Crippen molar-refractivity contribution in [1.82, 2.24) is 10.3 Å². The zero-order chi connectivity index (χ0) is 21.9. The number of amides is 1. The van der Waals surface area contributed by atoms with Crippen LogP contribution in [-0.4, -0.2) is 50.0 Å². The van der Waals surface area contributed by atoms with Crippen LogP contribution in [0, 0.1) is 5.92 Å². The van der Waals surface area contributed by atoms with Crippen molar-refractivity contribution in [2.45, 2.75) is 25.3 Å². The molecule has 0 bridgehead atoms. The highest BCUT2D eigenvalue weighted by Crippen LogP contribution is 2.19. The number of carbonyl (C=O) groups is 4. The second-order valence-electron chi connectivity index (χ2n) is 6.56. The first-order chi connectivity index (χ1) is 14.4. The number of carboxylic acid groups (broad SMARTS) is 2. The van der Waals surface area contributed by atoms with Crippen molar-refractivity contribution in [1.29, 1.82) is 0 Å². The van der Waals surface area contributed by atoms with E-state index in [1.807, 2.05) is 30.3 Å². The quantitative estimate of drug-likeness (QED) is 0.494. The number of thioether (sulfide) groups is 1. The van der Waals surface area contributed by atoms with E-state index in [1.54, 1.807) is 18.3 Å². The second kappa shape index (κ2) is 11.7. The van der Waals surface area contributed by atoms with Crippen molar-refractivity contribution in [3.8, 4) is 0 Å². The van der Waals surface area contributed by atoms with Gasteiger partial charge in [-0.05, 0) is 30.5 Å². The Morgan fingerprint density at radius 2 is 1.77 bits per heavy atom. The fourth-order valence-electron chi connectivity index (χ4n) is 2.68. The number of rotatable bonds is 11. The largest absolute Gasteiger partial charge is 0.481 e. The third-order valence-corrected chi connectivity index (χ3v) is 5.34. The summed E-state index contributed by atoms with van der Waals surface area (Å²) in [7, 11) is 0. The van der Waals surface area contributed by atoms with E-state index in [0.29, 0.717) is 12.0 Å². The van der Waals surface area contributed by atoms with Crippen molar-refractivity contribution in [2.75, 3.05) is 5.75 Å². The molecule has 3 N–H and O–H groups in total. The summed E-state index contributed by atoms with van der Waals surface area (Å²) < 4.78 is 0. The summed E-state index contributed by atoms with van der Waals surface area (Å²) in [5.74, 6) is -3.52. The average molecular weight is 430 g/mol. The van der Waals surface area contributed by atoms with Crippen molar-refractivity contribution >= 4 is 34.7 Å². The molecular formula is C21H22N2O6S. The molecule has 2 unspecified atom stereocenters. The van der Waals surface area contributed by atoms with Gasteiger partial charge in [-0.15, -0.1) is 0 Å². The number of pyridine rings is 1. The zero-order valence-corrected chi connectivity index (χ0v) is 16.9. The van der Waals surface area contributed by atoms with E-state index in [1.165, 1.54) is 6.20 Å². The molecule has 2 aromatic rings. The van der Waals surface area contributed by atoms with E-state index in [4.69, 9.17) is 5.11 Å². The number of aliphatic carboxylic acids is 2. The highest BCUT2D eigenvalue weighted by atomic mass is 32.2. The minimum absolute atomic E-state index is 0.139. The summed E-state index contributed by atoms with van der Waals surface area (Å²) in [6.45, 7) is 0. The first-order valence-corrected chi connectivity index (χ1v) is 10.2. The molecule has 1 heterocycles. The van der Waals surface area contributed by atoms with Crippen LogP contribution in [0.1, 0.15) is 28.8 Å². The van der Waals surface area contributed by atoms with Gasteiger partial charge in [-0.2, -0.15) is 0 Å². The fraction of sp³-hybridized carbons (Fsp3) is 0.286. The molecule has 30 heavy (non-hydrogen) atoms. The topological polar surface area (TPSA) is 134 Å². The van der Waals surface area contributed by atoms with Gasteiger partial charge >= 0.3 is 11.9 Å². The molecule has 158 valence electrons. The van der Waals surface area contributed by atoms with Crippen LogP contribution in [0.5, 0.6) is 0 Å². The van der Waals surface area contributed by atoms with E-state index in [2.05, 4.69) is 10.3 Å². The Balaban J connectivity index is 2.09. The van der Waals surface area contributed by atoms with Gasteiger partial charge in [0, 0.05) is 30.1 Å². The predicted molar refractivity (Wildman–Crippen MR) is 111 cm³/mol. The molecule has 1 aromatic carbocycles. The minimum Gasteiger partial charge on any atom is -0.481 e. The zero-order valence-electron chi connectivity index (χ0n) is 16.1. The Morgan fingerprint density at radius 1 is 1.03 bits per heavy atom. The van der Waals surface area contributed by atoms with E-state index in [9.17, 15) is 24.3 Å². The summed E-state index contributed by atoms with van der Waals surface area (Å²) in [5, 5.41) is 20.3. The number of nitrogens with zero attached hydrogens (tertiary/aromatic N) is 1. The van der Waals surface area contributed by atoms with Crippen LogP contribution in [0.15, 0.2) is 54.9 Å². The van der Waals surface area contributed by atoms with Gasteiger partial charge < -0.3 is 15.5 Å². The summed E-state index contributed by atoms with van der Waals surface area (Å²) >= 11 is 0.958. The van der Waals surface area contributed by atoms with Crippen molar-refractivity contribution in [2.24, 2.45) is 5.92 Å². The van der Waals surface area contributed by atoms with Crippen LogP contribution in [-0.2, 0) is 20.8 Å². The maximum atomic E-state index is 12.8. The molecule has 1 aromatic heterocycles. The maximum absolute atomic E-state index is 12.8. The van der Waals surface area contributed by atoms with Crippen LogP contribution < -0.4 is 5.32 Å². The predicted octanol–water partition coefficient (Wildman–Crippen LogP) is 2.25. The molecule has 0 aliphatic carbocycles. The lowest BCUT2D eigenvalue weighted by Crippen LogP contribution is -2.45. The lowest BCUT2D eigenvalue weighted by molar-refractivity contribution is -0.143. The third kappa shape index (κ3) is 7.67. The molecule has 0 aliphatic heterocycles. The number of benzene rings is 1. The molecule has 0 aliphatic rings. The second-order valence-corrected chi connectivity index (χ2v) is 7.55. The van der Waals surface area contributed by atoms with Gasteiger partial charge in [-0.3, -0.25) is 19.4 Å². The van der Waals surface area contributed by atoms with Crippen molar-refractivity contribution in [3.05, 3.63) is 66.0 Å². The Hall–Kier alpha value is -3.20. The van der Waals surface area contributed by atoms with Crippen LogP contribution >= 0.6 is 11.8 Å². The van der Waals surface area contributed by atoms with Gasteiger partial charge in [0.25, 0.3) is 0 Å². The summed E-state index contributed by atoms with van der Waals surface area (Å²) in [6.07, 6.45) is 2.69. The number of carboxylic acids is 2. The molecule has 0 fully saturated rings. The molecule has 0 saturated carbocycles. The molecule has 2 atom stereocenters. The van der Waals surface area contributed by atoms with Crippen LogP contribution in [0.25, 0.3) is 0 Å². The Labute approximate surface area is 177 Å². The molecule has 1 amide bonds. The molecule has 0 radical (unpaired) electrons. The van der Waals surface area contributed by atoms with Crippen molar-refractivity contribution < 1.29 is 29.4 Å². The van der Waals surface area contributed by atoms with Gasteiger partial charge in [-0.25, -0.2) is 4.79 Å². The van der Waals surface area contributed by atoms with Gasteiger partial charge in [0.15, 0.2) is 0 Å². The normalized spacial score (nSPS) is 12.5. The summed E-state index contributed by atoms with van der Waals surface area (Å²) in [6, 6.07) is 11.1. The monoisotopic (exact) mass is 430 g/mol. The number of nitrogens with one attached hydrogen (secondary N) is 1. The molecule has 2 rings (SSSR count). The lowest BCUT2D eigenvalue weighted by atomic mass is 9.99. The van der Waals surface area contributed by atoms with Gasteiger partial charge in [-0.1, -0.05) is 42.1 Å². The number of hydrogen-bond acceptors (Lipinski definition) is 6. The average Bonchev–Trinajstić information content (AvgIpc) is 2.74. The Kier molecular flexibility index (Phi) is 9.02. The standard InChI is InChI=1S/C21H22N2O6S/c24-18(25)9-8-17(20(27)28)23-19(26)16(11-14-5-2-1-3-6-14)13-30-21(29)15-7-4-10-22-12-15/h1-7,10,12,16-17H,8-9,11,13H2,(H,23,26)(H,24,25)(H,27,28). The van der Waals surface area contributed by atoms with E-state index in [0.717, 1.165) is 17.3 Å². The highest BCUT2D eigenvalue weighted by molar-refractivity contribution is 8.14. The molecule has 8 nitrogen and oxygen atoms in total. The number of carbonyl (C=O) groups excluding carboxylic acids is 2. The smallest absolute Gasteiger partial charge is 0.326 e. The fourth-order valence-corrected chi connectivity index (χ4v) is 3.59. The summed E-state index contributed by atoms with van der Waals surface area (Å²) in [5.41, 5.74) is 1.27. The van der Waals surface area contributed by atoms with Gasteiger partial charge in [0.2, 0.25) is 11.0 Å². The lowest BCUT2D eigenvalue weighted by Gasteiger charge is -2.20. The van der Waals surface area contributed by atoms with Gasteiger partial charge in [0.1, 0.15) is 6.04 Å². The number of aromatic nitrogens is 1. The number of hydrogen-bond donors (Lipinski definition) is 3. The molecule has 0 saturated heterocycles.